The predicted octanol–water partition coefficient (Wildman–Crippen LogP) is 1.17. The molecule has 7 nitrogen and oxygen atoms in total. The Morgan fingerprint density at radius 1 is 1.25 bits per heavy atom. The van der Waals surface area contributed by atoms with Crippen molar-refractivity contribution < 1.29 is 22.7 Å². The minimum Gasteiger partial charge on any atom is -0.452 e. The van der Waals surface area contributed by atoms with Crippen LogP contribution in [0.1, 0.15) is 29.8 Å². The molecule has 0 fully saturated rings. The van der Waals surface area contributed by atoms with Crippen LogP contribution < -0.4 is 5.32 Å². The van der Waals surface area contributed by atoms with Gasteiger partial charge in [0.1, 0.15) is 0 Å². The van der Waals surface area contributed by atoms with Gasteiger partial charge in [-0.2, -0.15) is 0 Å². The van der Waals surface area contributed by atoms with E-state index in [1.807, 2.05) is 13.8 Å². The number of benzene rings is 1. The number of sulfonamides is 1. The molecule has 0 heterocycles. The molecule has 134 valence electrons. The Kier molecular flexibility index (Phi) is 6.92. The van der Waals surface area contributed by atoms with Gasteiger partial charge in [0.15, 0.2) is 6.61 Å². The van der Waals surface area contributed by atoms with Crippen molar-refractivity contribution in [3.8, 4) is 0 Å². The summed E-state index contributed by atoms with van der Waals surface area (Å²) in [5.74, 6) is -0.838. The first-order valence-electron chi connectivity index (χ1n) is 7.52. The number of esters is 1. The molecule has 0 aliphatic carbocycles. The second kappa shape index (κ2) is 8.25. The number of amides is 1. The molecule has 0 atom stereocenters. The highest BCUT2D eigenvalue weighted by Crippen LogP contribution is 2.18. The predicted molar refractivity (Wildman–Crippen MR) is 90.2 cm³/mol. The van der Waals surface area contributed by atoms with E-state index >= 15 is 0 Å². The number of carbonyl (C=O) groups is 2. The maximum Gasteiger partial charge on any atom is 0.338 e. The van der Waals surface area contributed by atoms with Gasteiger partial charge in [-0.25, -0.2) is 17.5 Å². The van der Waals surface area contributed by atoms with E-state index in [4.69, 9.17) is 4.74 Å². The van der Waals surface area contributed by atoms with Gasteiger partial charge in [-0.15, -0.1) is 0 Å². The van der Waals surface area contributed by atoms with Crippen LogP contribution in [0.4, 0.5) is 0 Å². The summed E-state index contributed by atoms with van der Waals surface area (Å²) in [4.78, 5) is 23.7. The Balaban J connectivity index is 2.86. The summed E-state index contributed by atoms with van der Waals surface area (Å²) in [5, 5.41) is 2.64. The van der Waals surface area contributed by atoms with Crippen molar-refractivity contribution in [2.75, 3.05) is 27.2 Å². The summed E-state index contributed by atoms with van der Waals surface area (Å²) in [7, 11) is -0.835. The van der Waals surface area contributed by atoms with Crippen molar-refractivity contribution in [1.29, 1.82) is 0 Å². The van der Waals surface area contributed by atoms with Crippen LogP contribution >= 0.6 is 0 Å². The first-order valence-corrected chi connectivity index (χ1v) is 8.96. The second-order valence-electron chi connectivity index (χ2n) is 6.04. The summed E-state index contributed by atoms with van der Waals surface area (Å²) >= 11 is 0. The number of ether oxygens (including phenoxy) is 1. The minimum absolute atomic E-state index is 0.00527. The third-order valence-corrected chi connectivity index (χ3v) is 5.06. The van der Waals surface area contributed by atoms with E-state index < -0.39 is 28.5 Å². The Morgan fingerprint density at radius 3 is 2.42 bits per heavy atom. The smallest absolute Gasteiger partial charge is 0.338 e. The molecule has 0 aromatic heterocycles. The molecule has 8 heteroatoms. The highest BCUT2D eigenvalue weighted by atomic mass is 32.2. The van der Waals surface area contributed by atoms with Crippen molar-refractivity contribution in [2.45, 2.75) is 25.7 Å². The average Bonchev–Trinajstić information content (AvgIpc) is 2.50. The Labute approximate surface area is 143 Å². The van der Waals surface area contributed by atoms with Gasteiger partial charge in [0.05, 0.1) is 10.5 Å². The normalized spacial score (nSPS) is 11.6. The molecule has 0 saturated heterocycles. The lowest BCUT2D eigenvalue weighted by Crippen LogP contribution is -2.31. The molecule has 0 saturated carbocycles. The van der Waals surface area contributed by atoms with Crippen LogP contribution in [0.5, 0.6) is 0 Å². The van der Waals surface area contributed by atoms with Crippen LogP contribution in [0.3, 0.4) is 0 Å². The van der Waals surface area contributed by atoms with Gasteiger partial charge in [-0.1, -0.05) is 19.9 Å². The lowest BCUT2D eigenvalue weighted by atomic mass is 10.1. The van der Waals surface area contributed by atoms with Crippen LogP contribution in [0.2, 0.25) is 0 Å². The summed E-state index contributed by atoms with van der Waals surface area (Å²) in [5.41, 5.74) is 0.690. The molecule has 0 radical (unpaired) electrons. The Hall–Kier alpha value is -1.93. The zero-order chi connectivity index (χ0) is 18.5. The van der Waals surface area contributed by atoms with E-state index in [1.54, 1.807) is 6.92 Å². The summed E-state index contributed by atoms with van der Waals surface area (Å²) in [6.45, 7) is 5.65. The van der Waals surface area contributed by atoms with Gasteiger partial charge in [0.25, 0.3) is 5.91 Å². The van der Waals surface area contributed by atoms with Crippen molar-refractivity contribution in [3.05, 3.63) is 29.3 Å². The van der Waals surface area contributed by atoms with Crippen molar-refractivity contribution in [2.24, 2.45) is 5.92 Å². The first-order chi connectivity index (χ1) is 11.1. The first kappa shape index (κ1) is 20.1. The van der Waals surface area contributed by atoms with Crippen LogP contribution in [0.15, 0.2) is 23.1 Å². The maximum absolute atomic E-state index is 12.1. The third-order valence-electron chi connectivity index (χ3n) is 3.25. The topological polar surface area (TPSA) is 92.8 Å². The van der Waals surface area contributed by atoms with E-state index in [0.717, 1.165) is 4.31 Å². The highest BCUT2D eigenvalue weighted by Gasteiger charge is 2.21. The van der Waals surface area contributed by atoms with E-state index in [1.165, 1.54) is 32.3 Å². The second-order valence-corrected chi connectivity index (χ2v) is 8.19. The fourth-order valence-electron chi connectivity index (χ4n) is 1.77. The lowest BCUT2D eigenvalue weighted by molar-refractivity contribution is -0.124. The third kappa shape index (κ3) is 5.31. The van der Waals surface area contributed by atoms with Gasteiger partial charge in [0, 0.05) is 20.6 Å². The highest BCUT2D eigenvalue weighted by molar-refractivity contribution is 7.89. The molecule has 1 N–H and O–H groups in total. The van der Waals surface area contributed by atoms with Crippen LogP contribution in [-0.2, 0) is 19.6 Å². The number of hydrogen-bond acceptors (Lipinski definition) is 5. The summed E-state index contributed by atoms with van der Waals surface area (Å²) in [6.07, 6.45) is 0. The van der Waals surface area contributed by atoms with Crippen molar-refractivity contribution in [3.63, 3.8) is 0 Å². The quantitative estimate of drug-likeness (QED) is 0.741. The summed E-state index contributed by atoms with van der Waals surface area (Å²) in [6, 6.07) is 4.22. The number of nitrogens with zero attached hydrogens (tertiary/aromatic N) is 1. The molecular weight excluding hydrogens is 332 g/mol. The molecule has 1 aromatic carbocycles. The molecule has 0 spiro atoms. The largest absolute Gasteiger partial charge is 0.452 e. The fraction of sp³-hybridized carbons (Fsp3) is 0.500. The number of nitrogens with one attached hydrogen (secondary N) is 1. The van der Waals surface area contributed by atoms with Gasteiger partial charge < -0.3 is 10.1 Å². The van der Waals surface area contributed by atoms with E-state index in [-0.39, 0.29) is 10.5 Å². The minimum atomic E-state index is -3.65. The molecule has 24 heavy (non-hydrogen) atoms. The average molecular weight is 356 g/mol. The van der Waals surface area contributed by atoms with Crippen LogP contribution in [0.25, 0.3) is 0 Å². The van der Waals surface area contributed by atoms with Gasteiger partial charge in [0.2, 0.25) is 10.0 Å². The SMILES string of the molecule is Cc1ccc(S(=O)(=O)N(C)C)cc1C(=O)OCC(=O)NCC(C)C. The molecule has 1 amide bonds. The van der Waals surface area contributed by atoms with Crippen LogP contribution in [-0.4, -0.2) is 51.8 Å². The van der Waals surface area contributed by atoms with Gasteiger partial charge in [-0.3, -0.25) is 4.79 Å². The van der Waals surface area contributed by atoms with Gasteiger partial charge >= 0.3 is 5.97 Å². The zero-order valence-electron chi connectivity index (χ0n) is 14.6. The van der Waals surface area contributed by atoms with E-state index in [0.29, 0.717) is 18.0 Å². The number of aryl methyl sites for hydroxylation is 1. The molecule has 0 bridgehead atoms. The van der Waals surface area contributed by atoms with E-state index in [9.17, 15) is 18.0 Å². The van der Waals surface area contributed by atoms with E-state index in [2.05, 4.69) is 5.32 Å². The van der Waals surface area contributed by atoms with Crippen molar-refractivity contribution >= 4 is 21.9 Å². The monoisotopic (exact) mass is 356 g/mol. The number of rotatable bonds is 7. The van der Waals surface area contributed by atoms with Crippen molar-refractivity contribution in [1.82, 2.24) is 9.62 Å². The zero-order valence-corrected chi connectivity index (χ0v) is 15.4. The number of carbonyl (C=O) groups excluding carboxylic acids is 2. The van der Waals surface area contributed by atoms with Crippen LogP contribution in [0, 0.1) is 12.8 Å². The molecule has 0 unspecified atom stereocenters. The number of hydrogen-bond donors (Lipinski definition) is 1. The molecule has 1 rings (SSSR count). The Morgan fingerprint density at radius 2 is 1.88 bits per heavy atom. The Bertz CT molecular complexity index is 711. The standard InChI is InChI=1S/C16H24N2O5S/c1-11(2)9-17-15(19)10-23-16(20)14-8-13(7-6-12(14)3)24(21,22)18(4)5/h6-8,11H,9-10H2,1-5H3,(H,17,19). The summed E-state index contributed by atoms with van der Waals surface area (Å²) < 4.78 is 30.3. The van der Waals surface area contributed by atoms with Gasteiger partial charge in [-0.05, 0) is 30.5 Å². The molecule has 0 aliphatic rings. The lowest BCUT2D eigenvalue weighted by Gasteiger charge is -2.13. The molecule has 1 aromatic rings. The maximum atomic E-state index is 12.1. The fourth-order valence-corrected chi connectivity index (χ4v) is 2.70. The molecular formula is C16H24N2O5S. The molecule has 0 aliphatic heterocycles.